The molecule has 2 rings (SSSR count). The molecule has 0 aliphatic heterocycles. The van der Waals surface area contributed by atoms with Crippen LogP contribution in [0.4, 0.5) is 23.2 Å². The molecule has 0 fully saturated rings. The van der Waals surface area contributed by atoms with Crippen molar-refractivity contribution >= 4 is 29.2 Å². The van der Waals surface area contributed by atoms with Crippen LogP contribution in [0.3, 0.4) is 0 Å². The third-order valence-corrected chi connectivity index (χ3v) is 3.61. The molecule has 0 aromatic heterocycles. The Morgan fingerprint density at radius 1 is 1.15 bits per heavy atom. The van der Waals surface area contributed by atoms with E-state index in [0.717, 1.165) is 30.3 Å². The number of hydrogen-bond acceptors (Lipinski definition) is 3. The van der Waals surface area contributed by atoms with Crippen LogP contribution in [0.15, 0.2) is 42.5 Å². The number of ether oxygens (including phenoxy) is 1. The molecular weight excluding hydrogens is 378 g/mol. The van der Waals surface area contributed by atoms with Crippen molar-refractivity contribution in [1.29, 1.82) is 0 Å². The molecule has 0 aliphatic carbocycles. The molecule has 0 aliphatic rings. The van der Waals surface area contributed by atoms with Crippen LogP contribution < -0.4 is 5.32 Å². The highest BCUT2D eigenvalue weighted by Crippen LogP contribution is 2.34. The van der Waals surface area contributed by atoms with Gasteiger partial charge in [-0.25, -0.2) is 9.18 Å². The molecule has 0 bridgehead atoms. The third kappa shape index (κ3) is 4.72. The van der Waals surface area contributed by atoms with E-state index in [-0.39, 0.29) is 10.6 Å². The first kappa shape index (κ1) is 19.7. The highest BCUT2D eigenvalue weighted by molar-refractivity contribution is 6.33. The van der Waals surface area contributed by atoms with Gasteiger partial charge in [0.15, 0.2) is 6.10 Å². The fourth-order valence-corrected chi connectivity index (χ4v) is 2.25. The summed E-state index contributed by atoms with van der Waals surface area (Å²) in [6.45, 7) is 1.18. The van der Waals surface area contributed by atoms with Crippen molar-refractivity contribution in [2.75, 3.05) is 5.32 Å². The van der Waals surface area contributed by atoms with Crippen LogP contribution in [0.1, 0.15) is 22.8 Å². The van der Waals surface area contributed by atoms with Crippen LogP contribution in [-0.4, -0.2) is 18.0 Å². The first-order valence-corrected chi connectivity index (χ1v) is 7.60. The fraction of sp³-hybridized carbons (Fsp3) is 0.176. The zero-order valence-corrected chi connectivity index (χ0v) is 14.0. The smallest absolute Gasteiger partial charge is 0.418 e. The van der Waals surface area contributed by atoms with Crippen LogP contribution in [0.25, 0.3) is 0 Å². The van der Waals surface area contributed by atoms with E-state index < -0.39 is 41.2 Å². The van der Waals surface area contributed by atoms with Crippen molar-refractivity contribution in [3.8, 4) is 0 Å². The van der Waals surface area contributed by atoms with E-state index in [0.29, 0.717) is 0 Å². The Kier molecular flexibility index (Phi) is 5.86. The Bertz CT molecular complexity index is 839. The number of rotatable bonds is 4. The number of esters is 1. The van der Waals surface area contributed by atoms with Gasteiger partial charge in [-0.3, -0.25) is 4.79 Å². The Morgan fingerprint density at radius 2 is 1.81 bits per heavy atom. The minimum atomic E-state index is -4.66. The van der Waals surface area contributed by atoms with E-state index in [4.69, 9.17) is 16.3 Å². The molecule has 0 radical (unpaired) electrons. The van der Waals surface area contributed by atoms with Gasteiger partial charge in [0.2, 0.25) is 0 Å². The van der Waals surface area contributed by atoms with Crippen LogP contribution in [0.2, 0.25) is 5.02 Å². The number of benzene rings is 2. The van der Waals surface area contributed by atoms with E-state index in [1.165, 1.54) is 19.1 Å². The lowest BCUT2D eigenvalue weighted by Gasteiger charge is -2.17. The van der Waals surface area contributed by atoms with Gasteiger partial charge in [0.05, 0.1) is 21.8 Å². The average Bonchev–Trinajstić information content (AvgIpc) is 2.54. The SMILES string of the molecule is CC(OC(=O)c1ccc(F)cc1Cl)C(=O)Nc1ccccc1C(F)(F)F. The lowest BCUT2D eigenvalue weighted by Crippen LogP contribution is -2.30. The summed E-state index contributed by atoms with van der Waals surface area (Å²) in [5.74, 6) is -2.64. The number of halogens is 5. The van der Waals surface area contributed by atoms with E-state index >= 15 is 0 Å². The summed E-state index contributed by atoms with van der Waals surface area (Å²) in [6.07, 6.45) is -6.07. The van der Waals surface area contributed by atoms with Gasteiger partial charge >= 0.3 is 12.1 Å². The molecule has 138 valence electrons. The number of carbonyl (C=O) groups excluding carboxylic acids is 2. The number of nitrogens with one attached hydrogen (secondary N) is 1. The van der Waals surface area contributed by atoms with Gasteiger partial charge < -0.3 is 10.1 Å². The van der Waals surface area contributed by atoms with Crippen molar-refractivity contribution in [2.24, 2.45) is 0 Å². The van der Waals surface area contributed by atoms with Gasteiger partial charge in [0.1, 0.15) is 5.82 Å². The Balaban J connectivity index is 2.10. The molecule has 0 spiro atoms. The Morgan fingerprint density at radius 3 is 2.42 bits per heavy atom. The van der Waals surface area contributed by atoms with E-state index in [2.05, 4.69) is 5.32 Å². The maximum Gasteiger partial charge on any atom is 0.418 e. The summed E-state index contributed by atoms with van der Waals surface area (Å²) in [5.41, 5.74) is -1.68. The van der Waals surface area contributed by atoms with Crippen molar-refractivity contribution in [1.82, 2.24) is 0 Å². The lowest BCUT2D eigenvalue weighted by molar-refractivity contribution is -0.137. The van der Waals surface area contributed by atoms with Crippen molar-refractivity contribution in [3.63, 3.8) is 0 Å². The average molecular weight is 390 g/mol. The molecule has 26 heavy (non-hydrogen) atoms. The molecule has 0 heterocycles. The number of alkyl halides is 3. The molecule has 1 amide bonds. The van der Waals surface area contributed by atoms with Crippen molar-refractivity contribution in [2.45, 2.75) is 19.2 Å². The Hall–Kier alpha value is -2.61. The molecule has 1 atom stereocenters. The van der Waals surface area contributed by atoms with Gasteiger partial charge in [-0.2, -0.15) is 13.2 Å². The normalized spacial score (nSPS) is 12.4. The van der Waals surface area contributed by atoms with Gasteiger partial charge in [-0.1, -0.05) is 23.7 Å². The quantitative estimate of drug-likeness (QED) is 0.610. The van der Waals surface area contributed by atoms with Crippen LogP contribution in [-0.2, 0) is 15.7 Å². The molecule has 2 aromatic carbocycles. The maximum absolute atomic E-state index is 13.0. The number of anilines is 1. The largest absolute Gasteiger partial charge is 0.449 e. The molecule has 1 unspecified atom stereocenters. The van der Waals surface area contributed by atoms with Crippen molar-refractivity contribution in [3.05, 3.63) is 64.4 Å². The zero-order chi connectivity index (χ0) is 19.5. The van der Waals surface area contributed by atoms with Crippen LogP contribution in [0, 0.1) is 5.82 Å². The second-order valence-corrected chi connectivity index (χ2v) is 5.61. The summed E-state index contributed by atoms with van der Waals surface area (Å²) >= 11 is 5.72. The molecule has 4 nitrogen and oxygen atoms in total. The number of amides is 1. The second kappa shape index (κ2) is 7.74. The molecule has 2 aromatic rings. The first-order chi connectivity index (χ1) is 12.1. The minimum absolute atomic E-state index is 0.177. The predicted octanol–water partition coefficient (Wildman–Crippen LogP) is 4.68. The minimum Gasteiger partial charge on any atom is -0.449 e. The predicted molar refractivity (Wildman–Crippen MR) is 86.4 cm³/mol. The van der Waals surface area contributed by atoms with Gasteiger partial charge in [-0.05, 0) is 37.3 Å². The Labute approximate surface area is 150 Å². The topological polar surface area (TPSA) is 55.4 Å². The van der Waals surface area contributed by atoms with Crippen LogP contribution >= 0.6 is 11.6 Å². The molecule has 9 heteroatoms. The summed E-state index contributed by atoms with van der Waals surface area (Å²) in [4.78, 5) is 24.0. The van der Waals surface area contributed by atoms with E-state index in [1.807, 2.05) is 0 Å². The monoisotopic (exact) mass is 389 g/mol. The highest BCUT2D eigenvalue weighted by atomic mass is 35.5. The number of carbonyl (C=O) groups is 2. The summed E-state index contributed by atoms with van der Waals surface area (Å²) in [5, 5.41) is 1.85. The highest BCUT2D eigenvalue weighted by Gasteiger charge is 2.34. The summed E-state index contributed by atoms with van der Waals surface area (Å²) in [7, 11) is 0. The second-order valence-electron chi connectivity index (χ2n) is 5.20. The molecule has 0 saturated heterocycles. The molecule has 1 N–H and O–H groups in total. The lowest BCUT2D eigenvalue weighted by atomic mass is 10.1. The molecular formula is C17H12ClF4NO3. The fourth-order valence-electron chi connectivity index (χ4n) is 2.01. The van der Waals surface area contributed by atoms with Gasteiger partial charge in [0.25, 0.3) is 5.91 Å². The van der Waals surface area contributed by atoms with Crippen molar-refractivity contribution < 1.29 is 31.9 Å². The molecule has 0 saturated carbocycles. The third-order valence-electron chi connectivity index (χ3n) is 3.29. The summed E-state index contributed by atoms with van der Waals surface area (Å²) in [6, 6.07) is 7.33. The number of hydrogen-bond donors (Lipinski definition) is 1. The zero-order valence-electron chi connectivity index (χ0n) is 13.2. The van der Waals surface area contributed by atoms with E-state index in [9.17, 15) is 27.2 Å². The standard InChI is InChI=1S/C17H12ClF4NO3/c1-9(26-16(25)11-7-6-10(19)8-13(11)18)15(24)23-14-5-3-2-4-12(14)17(20,21)22/h2-9H,1H3,(H,23,24). The summed E-state index contributed by atoms with van der Waals surface area (Å²) < 4.78 is 56.6. The number of para-hydroxylation sites is 1. The van der Waals surface area contributed by atoms with Crippen LogP contribution in [0.5, 0.6) is 0 Å². The van der Waals surface area contributed by atoms with Gasteiger partial charge in [0, 0.05) is 0 Å². The van der Waals surface area contributed by atoms with Gasteiger partial charge in [-0.15, -0.1) is 0 Å². The first-order valence-electron chi connectivity index (χ1n) is 7.22. The maximum atomic E-state index is 13.0. The van der Waals surface area contributed by atoms with E-state index in [1.54, 1.807) is 0 Å².